The van der Waals surface area contributed by atoms with E-state index in [2.05, 4.69) is 0 Å². The van der Waals surface area contributed by atoms with Crippen molar-refractivity contribution >= 4 is 40.0 Å². The summed E-state index contributed by atoms with van der Waals surface area (Å²) in [4.78, 5) is 11.2. The largest absolute Gasteiger partial charge is 0.293 e. The van der Waals surface area contributed by atoms with Gasteiger partial charge in [0, 0.05) is 3.57 Å². The maximum atomic E-state index is 13.5. The smallest absolute Gasteiger partial charge is 0.181 e. The highest BCUT2D eigenvalue weighted by molar-refractivity contribution is 14.1. The first-order chi connectivity index (χ1) is 6.61. The second-order valence-electron chi connectivity index (χ2n) is 2.45. The number of carbonyl (C=O) groups is 1. The summed E-state index contributed by atoms with van der Waals surface area (Å²) in [5.41, 5.74) is -0.237. The molecule has 0 heterocycles. The molecule has 1 aromatic carbocycles. The topological polar surface area (TPSA) is 40.9 Å². The van der Waals surface area contributed by atoms with Gasteiger partial charge in [-0.1, -0.05) is 0 Å². The summed E-state index contributed by atoms with van der Waals surface area (Å²) >= 11 is 7.15. The van der Waals surface area contributed by atoms with Crippen LogP contribution in [0.1, 0.15) is 15.9 Å². The number of alkyl halides is 1. The number of halogens is 3. The van der Waals surface area contributed by atoms with E-state index in [1.807, 2.05) is 22.6 Å². The van der Waals surface area contributed by atoms with E-state index >= 15 is 0 Å². The number of nitrogens with zero attached hydrogens (tertiary/aromatic N) is 1. The van der Waals surface area contributed by atoms with E-state index < -0.39 is 11.6 Å². The van der Waals surface area contributed by atoms with Crippen LogP contribution in [-0.2, 0) is 0 Å². The third-order valence-electron chi connectivity index (χ3n) is 1.61. The zero-order valence-corrected chi connectivity index (χ0v) is 9.76. The lowest BCUT2D eigenvalue weighted by atomic mass is 10.1. The monoisotopic (exact) mass is 323 g/mol. The van der Waals surface area contributed by atoms with Crippen molar-refractivity contribution in [1.82, 2.24) is 0 Å². The van der Waals surface area contributed by atoms with Gasteiger partial charge >= 0.3 is 0 Å². The van der Waals surface area contributed by atoms with Gasteiger partial charge in [0.05, 0.1) is 17.0 Å². The first-order valence-electron chi connectivity index (χ1n) is 3.59. The first-order valence-corrected chi connectivity index (χ1v) is 5.20. The molecular formula is C9H4ClFINO. The fourth-order valence-corrected chi connectivity index (χ4v) is 1.81. The minimum absolute atomic E-state index is 0.0975. The second-order valence-corrected chi connectivity index (χ2v) is 3.88. The highest BCUT2D eigenvalue weighted by atomic mass is 127. The number of Topliss-reactive ketones (excluding diaryl/α,β-unsaturated/α-hetero) is 1. The van der Waals surface area contributed by atoms with Crippen LogP contribution in [0.4, 0.5) is 4.39 Å². The average Bonchev–Trinajstić information content (AvgIpc) is 2.18. The Labute approximate surface area is 98.8 Å². The predicted octanol–water partition coefficient (Wildman–Crippen LogP) is 2.72. The van der Waals surface area contributed by atoms with Crippen LogP contribution in [0.25, 0.3) is 0 Å². The molecule has 5 heteroatoms. The molecule has 0 N–H and O–H groups in total. The van der Waals surface area contributed by atoms with E-state index in [9.17, 15) is 9.18 Å². The quantitative estimate of drug-likeness (QED) is 0.477. The molecule has 0 aliphatic heterocycles. The van der Waals surface area contributed by atoms with Crippen LogP contribution in [0.2, 0.25) is 0 Å². The number of benzene rings is 1. The molecule has 0 unspecified atom stereocenters. The molecule has 1 aromatic rings. The molecule has 2 nitrogen and oxygen atoms in total. The fraction of sp³-hybridized carbons (Fsp3) is 0.111. The Bertz CT molecular complexity index is 428. The number of hydrogen-bond donors (Lipinski definition) is 0. The lowest BCUT2D eigenvalue weighted by molar-refractivity contribution is 0.101. The highest BCUT2D eigenvalue weighted by Crippen LogP contribution is 2.20. The fourth-order valence-electron chi connectivity index (χ4n) is 0.961. The van der Waals surface area contributed by atoms with Gasteiger partial charge in [-0.25, -0.2) is 4.39 Å². The van der Waals surface area contributed by atoms with E-state index in [0.717, 1.165) is 0 Å². The molecule has 0 spiro atoms. The summed E-state index contributed by atoms with van der Waals surface area (Å²) in [6.45, 7) is 0. The molecule has 0 radical (unpaired) electrons. The summed E-state index contributed by atoms with van der Waals surface area (Å²) < 4.78 is 13.9. The summed E-state index contributed by atoms with van der Waals surface area (Å²) in [6.07, 6.45) is 0. The Morgan fingerprint density at radius 1 is 1.64 bits per heavy atom. The maximum Gasteiger partial charge on any atom is 0.181 e. The Kier molecular flexibility index (Phi) is 3.84. The highest BCUT2D eigenvalue weighted by Gasteiger charge is 2.17. The molecule has 0 fully saturated rings. The normalized spacial score (nSPS) is 9.57. The van der Waals surface area contributed by atoms with E-state index in [4.69, 9.17) is 16.9 Å². The Morgan fingerprint density at radius 2 is 2.29 bits per heavy atom. The minimum atomic E-state index is -0.787. The molecule has 1 rings (SSSR count). The summed E-state index contributed by atoms with van der Waals surface area (Å²) in [7, 11) is 0. The molecule has 0 aliphatic carbocycles. The average molecular weight is 323 g/mol. The lowest BCUT2D eigenvalue weighted by Crippen LogP contribution is -2.08. The van der Waals surface area contributed by atoms with Crippen molar-refractivity contribution in [1.29, 1.82) is 5.26 Å². The van der Waals surface area contributed by atoms with Crippen LogP contribution >= 0.6 is 34.2 Å². The van der Waals surface area contributed by atoms with Gasteiger partial charge in [-0.3, -0.25) is 4.79 Å². The lowest BCUT2D eigenvalue weighted by Gasteiger charge is -2.03. The van der Waals surface area contributed by atoms with Gasteiger partial charge in [-0.05, 0) is 34.7 Å². The zero-order valence-electron chi connectivity index (χ0n) is 6.85. The molecule has 0 atom stereocenters. The van der Waals surface area contributed by atoms with Crippen molar-refractivity contribution in [3.8, 4) is 6.07 Å². The molecule has 0 aromatic heterocycles. The van der Waals surface area contributed by atoms with Gasteiger partial charge in [0.15, 0.2) is 11.6 Å². The zero-order chi connectivity index (χ0) is 10.7. The number of ketones is 1. The summed E-state index contributed by atoms with van der Waals surface area (Å²) in [5.74, 6) is -1.59. The van der Waals surface area contributed by atoms with Crippen LogP contribution in [-0.4, -0.2) is 11.7 Å². The molecule has 72 valence electrons. The Morgan fingerprint density at radius 3 is 2.79 bits per heavy atom. The van der Waals surface area contributed by atoms with Crippen LogP contribution in [0.3, 0.4) is 0 Å². The van der Waals surface area contributed by atoms with E-state index in [0.29, 0.717) is 3.57 Å². The first kappa shape index (κ1) is 11.4. The SMILES string of the molecule is N#Cc1ccc(I)c(C(=O)CCl)c1F. The standard InChI is InChI=1S/C9H4ClFINO/c10-3-7(14)8-6(12)2-1-5(4-13)9(8)11/h1-2H,3H2. The van der Waals surface area contributed by atoms with Crippen molar-refractivity contribution in [2.75, 3.05) is 5.88 Å². The minimum Gasteiger partial charge on any atom is -0.293 e. The molecule has 0 bridgehead atoms. The van der Waals surface area contributed by atoms with Crippen LogP contribution in [0.15, 0.2) is 12.1 Å². The van der Waals surface area contributed by atoms with Crippen molar-refractivity contribution in [2.24, 2.45) is 0 Å². The molecule has 0 saturated carbocycles. The van der Waals surface area contributed by atoms with Gasteiger partial charge in [0.25, 0.3) is 0 Å². The second kappa shape index (κ2) is 4.71. The number of carbonyl (C=O) groups excluding carboxylic acids is 1. The van der Waals surface area contributed by atoms with Crippen molar-refractivity contribution in [3.63, 3.8) is 0 Å². The Hall–Kier alpha value is -0.670. The van der Waals surface area contributed by atoms with Crippen LogP contribution in [0, 0.1) is 20.7 Å². The van der Waals surface area contributed by atoms with Crippen LogP contribution < -0.4 is 0 Å². The van der Waals surface area contributed by atoms with Gasteiger partial charge in [0.1, 0.15) is 6.07 Å². The van der Waals surface area contributed by atoms with Gasteiger partial charge < -0.3 is 0 Å². The van der Waals surface area contributed by atoms with Crippen LogP contribution in [0.5, 0.6) is 0 Å². The molecule has 0 amide bonds. The summed E-state index contributed by atoms with van der Waals surface area (Å²) in [5, 5.41) is 8.55. The van der Waals surface area contributed by atoms with Gasteiger partial charge in [-0.15, -0.1) is 11.6 Å². The van der Waals surface area contributed by atoms with E-state index in [1.54, 1.807) is 6.07 Å². The number of rotatable bonds is 2. The molecule has 0 aliphatic rings. The van der Waals surface area contributed by atoms with E-state index in [1.165, 1.54) is 12.1 Å². The predicted molar refractivity (Wildman–Crippen MR) is 58.9 cm³/mol. The van der Waals surface area contributed by atoms with Crippen molar-refractivity contribution in [2.45, 2.75) is 0 Å². The third kappa shape index (κ3) is 2.04. The maximum absolute atomic E-state index is 13.5. The van der Waals surface area contributed by atoms with Crippen molar-refractivity contribution in [3.05, 3.63) is 32.6 Å². The summed E-state index contributed by atoms with van der Waals surface area (Å²) in [6, 6.07) is 4.52. The molecule has 14 heavy (non-hydrogen) atoms. The Balaban J connectivity index is 3.42. The van der Waals surface area contributed by atoms with E-state index in [-0.39, 0.29) is 17.0 Å². The third-order valence-corrected chi connectivity index (χ3v) is 2.75. The number of nitriles is 1. The molecule has 0 saturated heterocycles. The van der Waals surface area contributed by atoms with Gasteiger partial charge in [-0.2, -0.15) is 5.26 Å². The number of hydrogen-bond acceptors (Lipinski definition) is 2. The van der Waals surface area contributed by atoms with Crippen molar-refractivity contribution < 1.29 is 9.18 Å². The van der Waals surface area contributed by atoms with Gasteiger partial charge in [0.2, 0.25) is 0 Å². The molecular weight excluding hydrogens is 319 g/mol.